The highest BCUT2D eigenvalue weighted by atomic mass is 16.8. The molecule has 5 aliphatic carbocycles. The highest BCUT2D eigenvalue weighted by molar-refractivity contribution is 5.79. The van der Waals surface area contributed by atoms with Gasteiger partial charge in [0.15, 0.2) is 31.3 Å². The van der Waals surface area contributed by atoms with Crippen molar-refractivity contribution in [3.05, 3.63) is 11.6 Å². The molecule has 1 unspecified atom stereocenters. The van der Waals surface area contributed by atoms with E-state index in [-0.39, 0.29) is 37.2 Å². The minimum atomic E-state index is -2.00. The number of allylic oxidation sites excluding steroid dienone is 1. The normalized spacial score (nSPS) is 54.6. The standard InChI is InChI=1S/C59H94O29/c1-22-32(64)38(70)45(86-48-43(75)39(71)44(23(2)81-48)85-47-40(72)35(67)29(20-79-47)84-49-41(73)36(68)33(65)27(18-60)82-49)51(80-22)88-53(78)58-13-12-54(3,4)16-25(58)24-8-9-30-55(5)17-26(63)46(87-50-42(74)37(69)34(66)28(19-61)83-50)57(7,52(76)77)31(55)10-11-56(30,6)59(24,21-62)15-14-58/h8,22-23,25-51,60-75H,9-21H2,1-7H3,(H,76,77)/t22-,23+,25+,26+,27-,28-,29-,30-,31?,32+,33+,34-,35+,36+,37+,38+,39+,40-,41-,42-,43-,44+,45-,46+,47+,48+,49+,50+,51+,55-,56-,57+,58+,59+/m1/s1. The third-order valence-electron chi connectivity index (χ3n) is 23.1. The van der Waals surface area contributed by atoms with Crippen LogP contribution in [0.25, 0.3) is 0 Å². The van der Waals surface area contributed by atoms with Crippen molar-refractivity contribution in [2.24, 2.45) is 50.2 Å². The lowest BCUT2D eigenvalue weighted by atomic mass is 9.33. The largest absolute Gasteiger partial charge is 0.481 e. The van der Waals surface area contributed by atoms with Gasteiger partial charge in [-0.15, -0.1) is 0 Å². The second kappa shape index (κ2) is 25.1. The van der Waals surface area contributed by atoms with Gasteiger partial charge in [0.1, 0.15) is 104 Å². The Labute approximate surface area is 508 Å². The molecule has 17 N–H and O–H groups in total. The molecule has 0 spiro atoms. The molecule has 0 amide bonds. The molecule has 34 atom stereocenters. The zero-order chi connectivity index (χ0) is 64.4. The number of carbonyl (C=O) groups excluding carboxylic acids is 1. The van der Waals surface area contributed by atoms with E-state index in [1.54, 1.807) is 0 Å². The number of fused-ring (bicyclic) bond motifs is 7. The molecule has 0 radical (unpaired) electrons. The first-order chi connectivity index (χ1) is 41.2. The van der Waals surface area contributed by atoms with Gasteiger partial charge in [0.05, 0.1) is 55.6 Å². The van der Waals surface area contributed by atoms with Gasteiger partial charge in [0.25, 0.3) is 0 Å². The Balaban J connectivity index is 0.855. The molecule has 9 fully saturated rings. The fraction of sp³-hybridized carbons (Fsp3) is 0.932. The van der Waals surface area contributed by atoms with Gasteiger partial charge in [-0.25, -0.2) is 0 Å². The fourth-order valence-electron chi connectivity index (χ4n) is 17.8. The molecule has 0 aromatic carbocycles. The predicted molar refractivity (Wildman–Crippen MR) is 291 cm³/mol. The maximum Gasteiger partial charge on any atom is 0.315 e. The second-order valence-corrected chi connectivity index (χ2v) is 28.4. The molecule has 29 heteroatoms. The molecule has 0 bridgehead atoms. The number of rotatable bonds is 14. The summed E-state index contributed by atoms with van der Waals surface area (Å²) in [5.41, 5.74) is -5.19. The molecular weight excluding hydrogens is 1170 g/mol. The van der Waals surface area contributed by atoms with Crippen molar-refractivity contribution < 1.29 is 144 Å². The number of carboxylic acid groups (broad SMARTS) is 1. The zero-order valence-corrected chi connectivity index (χ0v) is 50.5. The number of ether oxygens (including phenoxy) is 10. The van der Waals surface area contributed by atoms with Gasteiger partial charge in [0, 0.05) is 5.41 Å². The van der Waals surface area contributed by atoms with E-state index in [0.717, 1.165) is 5.57 Å². The lowest BCUT2D eigenvalue weighted by Gasteiger charge is -2.71. The maximum absolute atomic E-state index is 15.5. The van der Waals surface area contributed by atoms with E-state index in [9.17, 15) is 91.6 Å². The molecule has 0 aromatic heterocycles. The van der Waals surface area contributed by atoms with Crippen molar-refractivity contribution >= 4 is 11.9 Å². The van der Waals surface area contributed by atoms with Crippen LogP contribution in [0, 0.1) is 50.2 Å². The Morgan fingerprint density at radius 1 is 0.557 bits per heavy atom. The third kappa shape index (κ3) is 11.0. The van der Waals surface area contributed by atoms with E-state index in [1.807, 2.05) is 6.92 Å². The summed E-state index contributed by atoms with van der Waals surface area (Å²) in [6.45, 7) is 10.2. The molecule has 88 heavy (non-hydrogen) atoms. The smallest absolute Gasteiger partial charge is 0.315 e. The van der Waals surface area contributed by atoms with E-state index < -0.39 is 230 Å². The SMILES string of the molecule is C[C@@H]1O[C@@H](O[C@H]2[C@H](OC(=O)[C@]34CCC(C)(C)C[C@H]3C3=CC[C@@H]5[C@@]6(C)C[C@H](O)[C@H](O[C@@H]7O[C@H](CO)[C@@H](O)[C@H](O)[C@H]7O)[C@@](C)(C(=O)O)C6CC[C@@]5(C)[C@]3(CO)CC4)O[C@H](C)[C@H](O)[C@@H]2O)[C@H](O)[C@H](O)[C@H]1O[C@@H]1OC[C@@H](O[C@@H]2O[C@H](CO)[C@H](O)[C@H](O)[C@H]2O)[C@H](O)[C@H]1O. The first-order valence-corrected chi connectivity index (χ1v) is 30.9. The van der Waals surface area contributed by atoms with E-state index in [4.69, 9.17) is 47.4 Å². The molecule has 10 aliphatic rings. The molecule has 5 aliphatic heterocycles. The minimum absolute atomic E-state index is 0.0295. The summed E-state index contributed by atoms with van der Waals surface area (Å²) in [6, 6.07) is 0. The lowest BCUT2D eigenvalue weighted by molar-refractivity contribution is -0.378. The van der Waals surface area contributed by atoms with Crippen LogP contribution >= 0.6 is 0 Å². The summed E-state index contributed by atoms with van der Waals surface area (Å²) in [5.74, 6) is -3.54. The summed E-state index contributed by atoms with van der Waals surface area (Å²) in [4.78, 5) is 29.3. The number of carboxylic acids is 1. The molecule has 5 saturated heterocycles. The van der Waals surface area contributed by atoms with Crippen molar-refractivity contribution in [2.75, 3.05) is 26.4 Å². The van der Waals surface area contributed by atoms with Crippen LogP contribution in [-0.4, -0.2) is 285 Å². The molecule has 5 heterocycles. The van der Waals surface area contributed by atoms with Crippen LogP contribution in [0.3, 0.4) is 0 Å². The first-order valence-electron chi connectivity index (χ1n) is 30.9. The van der Waals surface area contributed by atoms with Crippen LogP contribution in [0.4, 0.5) is 0 Å². The van der Waals surface area contributed by atoms with E-state index >= 15 is 4.79 Å². The van der Waals surface area contributed by atoms with Crippen molar-refractivity contribution in [3.8, 4) is 0 Å². The van der Waals surface area contributed by atoms with E-state index in [1.165, 1.54) is 20.8 Å². The summed E-state index contributed by atoms with van der Waals surface area (Å²) in [6.07, 6.45) is -38.0. The maximum atomic E-state index is 15.5. The Morgan fingerprint density at radius 2 is 1.10 bits per heavy atom. The molecular formula is C59H94O29. The number of hydrogen-bond donors (Lipinski definition) is 17. The lowest BCUT2D eigenvalue weighted by Crippen LogP contribution is -2.71. The number of aliphatic hydroxyl groups excluding tert-OH is 16. The number of esters is 1. The van der Waals surface area contributed by atoms with Crippen LogP contribution in [-0.2, 0) is 57.0 Å². The summed E-state index contributed by atoms with van der Waals surface area (Å²) < 4.78 is 58.9. The molecule has 10 rings (SSSR count). The third-order valence-corrected chi connectivity index (χ3v) is 23.1. The summed E-state index contributed by atoms with van der Waals surface area (Å²) in [7, 11) is 0. The van der Waals surface area contributed by atoms with Crippen molar-refractivity contribution in [2.45, 2.75) is 266 Å². The predicted octanol–water partition coefficient (Wildman–Crippen LogP) is -4.51. The average Bonchev–Trinajstić information content (AvgIpc) is 0.673. The molecule has 29 nitrogen and oxygen atoms in total. The number of carbonyl (C=O) groups is 2. The Bertz CT molecular complexity index is 2510. The Kier molecular flexibility index (Phi) is 19.6. The van der Waals surface area contributed by atoms with Crippen LogP contribution in [0.1, 0.15) is 106 Å². The van der Waals surface area contributed by atoms with Gasteiger partial charge in [-0.2, -0.15) is 0 Å². The summed E-state index contributed by atoms with van der Waals surface area (Å²) in [5, 5.41) is 186. The van der Waals surface area contributed by atoms with Gasteiger partial charge in [-0.1, -0.05) is 39.3 Å². The monoisotopic (exact) mass is 1270 g/mol. The Hall–Kier alpha value is -2.32. The molecule has 4 saturated carbocycles. The first kappa shape index (κ1) is 68.5. The van der Waals surface area contributed by atoms with Crippen LogP contribution in [0.2, 0.25) is 0 Å². The van der Waals surface area contributed by atoms with Gasteiger partial charge in [-0.05, 0) is 113 Å². The highest BCUT2D eigenvalue weighted by Crippen LogP contribution is 2.76. The van der Waals surface area contributed by atoms with Crippen LogP contribution in [0.15, 0.2) is 11.6 Å². The van der Waals surface area contributed by atoms with Gasteiger partial charge in [-0.3, -0.25) is 9.59 Å². The zero-order valence-electron chi connectivity index (χ0n) is 50.5. The fourth-order valence-corrected chi connectivity index (χ4v) is 17.8. The van der Waals surface area contributed by atoms with E-state index in [0.29, 0.717) is 38.5 Å². The number of aliphatic hydroxyl groups is 16. The van der Waals surface area contributed by atoms with Gasteiger partial charge in [0.2, 0.25) is 6.29 Å². The van der Waals surface area contributed by atoms with Crippen LogP contribution in [0.5, 0.6) is 0 Å². The number of aliphatic carboxylic acids is 1. The van der Waals surface area contributed by atoms with Crippen molar-refractivity contribution in [1.82, 2.24) is 0 Å². The van der Waals surface area contributed by atoms with Gasteiger partial charge >= 0.3 is 11.9 Å². The molecule has 504 valence electrons. The Morgan fingerprint density at radius 3 is 1.70 bits per heavy atom. The quantitative estimate of drug-likeness (QED) is 0.0443. The van der Waals surface area contributed by atoms with E-state index in [2.05, 4.69) is 26.8 Å². The van der Waals surface area contributed by atoms with Crippen molar-refractivity contribution in [3.63, 3.8) is 0 Å². The minimum Gasteiger partial charge on any atom is -0.481 e. The highest BCUT2D eigenvalue weighted by Gasteiger charge is 2.74. The second-order valence-electron chi connectivity index (χ2n) is 28.4. The average molecular weight is 1270 g/mol. The van der Waals surface area contributed by atoms with Crippen molar-refractivity contribution in [1.29, 1.82) is 0 Å². The summed E-state index contributed by atoms with van der Waals surface area (Å²) >= 11 is 0. The molecule has 0 aromatic rings. The topological polar surface area (TPSA) is 470 Å². The number of hydrogen-bond acceptors (Lipinski definition) is 28. The van der Waals surface area contributed by atoms with Gasteiger partial charge < -0.3 is 134 Å². The van der Waals surface area contributed by atoms with Crippen LogP contribution < -0.4 is 0 Å².